The first-order valence-corrected chi connectivity index (χ1v) is 12.5. The highest BCUT2D eigenvalue weighted by Crippen LogP contribution is 2.26. The fourth-order valence-corrected chi connectivity index (χ4v) is 5.62. The van der Waals surface area contributed by atoms with Crippen LogP contribution in [-0.2, 0) is 14.8 Å². The molecule has 1 saturated heterocycles. The number of amides is 2. The van der Waals surface area contributed by atoms with Crippen molar-refractivity contribution in [2.75, 3.05) is 25.0 Å². The van der Waals surface area contributed by atoms with Gasteiger partial charge in [-0.05, 0) is 49.6 Å². The number of aryl methyl sites for hydroxylation is 1. The zero-order valence-corrected chi connectivity index (χ0v) is 19.6. The van der Waals surface area contributed by atoms with Crippen molar-refractivity contribution >= 4 is 39.1 Å². The molecule has 0 spiro atoms. The summed E-state index contributed by atoms with van der Waals surface area (Å²) < 4.78 is 27.9. The maximum Gasteiger partial charge on any atom is 0.252 e. The van der Waals surface area contributed by atoms with E-state index in [0.29, 0.717) is 34.9 Å². The molecule has 0 bridgehead atoms. The fraction of sp³-hybridized carbons (Fsp3) is 0.391. The second-order valence-corrected chi connectivity index (χ2v) is 10.1. The Hall–Kier alpha value is -2.42. The third-order valence-electron chi connectivity index (χ3n) is 5.41. The van der Waals surface area contributed by atoms with E-state index in [-0.39, 0.29) is 29.7 Å². The Bertz CT molecular complexity index is 1080. The topological polar surface area (TPSA) is 95.6 Å². The molecule has 32 heavy (non-hydrogen) atoms. The summed E-state index contributed by atoms with van der Waals surface area (Å²) in [5.41, 5.74) is 1.39. The van der Waals surface area contributed by atoms with Crippen LogP contribution in [0.1, 0.15) is 48.0 Å². The second-order valence-electron chi connectivity index (χ2n) is 7.83. The molecule has 0 radical (unpaired) electrons. The number of carbonyl (C=O) groups excluding carboxylic acids is 2. The first kappa shape index (κ1) is 24.2. The summed E-state index contributed by atoms with van der Waals surface area (Å²) in [7, 11) is -3.62. The summed E-state index contributed by atoms with van der Waals surface area (Å²) in [6.07, 6.45) is 3.82. The summed E-state index contributed by atoms with van der Waals surface area (Å²) >= 11 is 6.00. The number of halogens is 1. The molecule has 2 aromatic carbocycles. The Balaban J connectivity index is 1.61. The van der Waals surface area contributed by atoms with Crippen LogP contribution >= 0.6 is 11.6 Å². The largest absolute Gasteiger partial charge is 0.351 e. The summed E-state index contributed by atoms with van der Waals surface area (Å²) in [4.78, 5) is 24.7. The smallest absolute Gasteiger partial charge is 0.252 e. The molecule has 0 saturated carbocycles. The van der Waals surface area contributed by atoms with Gasteiger partial charge in [-0.3, -0.25) is 9.59 Å². The van der Waals surface area contributed by atoms with E-state index < -0.39 is 10.0 Å². The van der Waals surface area contributed by atoms with Crippen LogP contribution in [-0.4, -0.2) is 44.2 Å². The predicted molar refractivity (Wildman–Crippen MR) is 125 cm³/mol. The molecule has 0 aromatic heterocycles. The lowest BCUT2D eigenvalue weighted by atomic mass is 10.2. The third kappa shape index (κ3) is 6.09. The number of nitrogens with zero attached hydrogens (tertiary/aromatic N) is 1. The van der Waals surface area contributed by atoms with Crippen molar-refractivity contribution in [2.24, 2.45) is 0 Å². The molecule has 2 aromatic rings. The first-order chi connectivity index (χ1) is 15.3. The lowest BCUT2D eigenvalue weighted by molar-refractivity contribution is -0.116. The van der Waals surface area contributed by atoms with Gasteiger partial charge in [-0.25, -0.2) is 8.42 Å². The maximum absolute atomic E-state index is 13.2. The standard InChI is InChI=1S/C23H28ClN3O4S/c1-17-10-11-18(16-21(17)32(30,31)27-14-6-2-3-7-15-27)26-22(28)12-13-25-23(29)19-8-4-5-9-20(19)24/h4-5,8-11,16H,2-3,6-7,12-15H2,1H3,(H,25,29)(H,26,28). The van der Waals surface area contributed by atoms with E-state index in [1.165, 1.54) is 10.4 Å². The van der Waals surface area contributed by atoms with Gasteiger partial charge < -0.3 is 10.6 Å². The summed E-state index contributed by atoms with van der Waals surface area (Å²) in [5, 5.41) is 5.73. The number of rotatable bonds is 7. The fourth-order valence-electron chi connectivity index (χ4n) is 3.63. The number of hydrogen-bond acceptors (Lipinski definition) is 4. The zero-order chi connectivity index (χ0) is 23.1. The Morgan fingerprint density at radius 1 is 1.03 bits per heavy atom. The van der Waals surface area contributed by atoms with Crippen molar-refractivity contribution in [3.63, 3.8) is 0 Å². The van der Waals surface area contributed by atoms with Gasteiger partial charge in [-0.1, -0.05) is 42.6 Å². The molecule has 2 N–H and O–H groups in total. The Labute approximate surface area is 194 Å². The van der Waals surface area contributed by atoms with E-state index in [1.807, 2.05) is 0 Å². The van der Waals surface area contributed by atoms with E-state index in [0.717, 1.165) is 25.7 Å². The van der Waals surface area contributed by atoms with Crippen LogP contribution in [0.25, 0.3) is 0 Å². The van der Waals surface area contributed by atoms with Crippen LogP contribution in [0.3, 0.4) is 0 Å². The number of carbonyl (C=O) groups is 2. The van der Waals surface area contributed by atoms with Gasteiger partial charge in [0.25, 0.3) is 5.91 Å². The molecule has 0 unspecified atom stereocenters. The molecule has 172 valence electrons. The van der Waals surface area contributed by atoms with Gasteiger partial charge >= 0.3 is 0 Å². The van der Waals surface area contributed by atoms with Crippen molar-refractivity contribution in [3.05, 3.63) is 58.6 Å². The molecular formula is C23H28ClN3O4S. The monoisotopic (exact) mass is 477 g/mol. The SMILES string of the molecule is Cc1ccc(NC(=O)CCNC(=O)c2ccccc2Cl)cc1S(=O)(=O)N1CCCCCC1. The Kier molecular flexibility index (Phi) is 8.28. The molecule has 1 fully saturated rings. The lowest BCUT2D eigenvalue weighted by Crippen LogP contribution is -2.32. The lowest BCUT2D eigenvalue weighted by Gasteiger charge is -2.21. The highest BCUT2D eigenvalue weighted by molar-refractivity contribution is 7.89. The van der Waals surface area contributed by atoms with E-state index in [2.05, 4.69) is 10.6 Å². The van der Waals surface area contributed by atoms with Gasteiger partial charge in [0.2, 0.25) is 15.9 Å². The molecular weight excluding hydrogens is 450 g/mol. The van der Waals surface area contributed by atoms with E-state index >= 15 is 0 Å². The molecule has 1 aliphatic rings. The molecule has 1 heterocycles. The van der Waals surface area contributed by atoms with Gasteiger partial charge in [-0.2, -0.15) is 4.31 Å². The minimum absolute atomic E-state index is 0.0400. The van der Waals surface area contributed by atoms with E-state index in [4.69, 9.17) is 11.6 Å². The number of benzene rings is 2. The number of sulfonamides is 1. The average Bonchev–Trinajstić information content (AvgIpc) is 3.05. The van der Waals surface area contributed by atoms with Gasteiger partial charge in [0, 0.05) is 31.7 Å². The van der Waals surface area contributed by atoms with Crippen molar-refractivity contribution in [3.8, 4) is 0 Å². The number of hydrogen-bond donors (Lipinski definition) is 2. The highest BCUT2D eigenvalue weighted by Gasteiger charge is 2.27. The third-order valence-corrected chi connectivity index (χ3v) is 7.78. The molecule has 9 heteroatoms. The molecule has 0 aliphatic carbocycles. The van der Waals surface area contributed by atoms with E-state index in [1.54, 1.807) is 43.3 Å². The molecule has 1 aliphatic heterocycles. The van der Waals surface area contributed by atoms with Gasteiger partial charge in [-0.15, -0.1) is 0 Å². The first-order valence-electron chi connectivity index (χ1n) is 10.7. The molecule has 2 amide bonds. The molecule has 7 nitrogen and oxygen atoms in total. The van der Waals surface area contributed by atoms with Crippen LogP contribution in [0.4, 0.5) is 5.69 Å². The quantitative estimate of drug-likeness (QED) is 0.630. The van der Waals surface area contributed by atoms with Crippen LogP contribution in [0.5, 0.6) is 0 Å². The van der Waals surface area contributed by atoms with Crippen molar-refractivity contribution in [1.29, 1.82) is 0 Å². The molecule has 0 atom stereocenters. The van der Waals surface area contributed by atoms with E-state index in [9.17, 15) is 18.0 Å². The van der Waals surface area contributed by atoms with Crippen LogP contribution in [0.15, 0.2) is 47.4 Å². The predicted octanol–water partition coefficient (Wildman–Crippen LogP) is 3.97. The summed E-state index contributed by atoms with van der Waals surface area (Å²) in [6.45, 7) is 2.91. The van der Waals surface area contributed by atoms with Crippen LogP contribution < -0.4 is 10.6 Å². The van der Waals surface area contributed by atoms with Gasteiger partial charge in [0.1, 0.15) is 0 Å². The van der Waals surface area contributed by atoms with Crippen LogP contribution in [0.2, 0.25) is 5.02 Å². The van der Waals surface area contributed by atoms with Crippen LogP contribution in [0, 0.1) is 6.92 Å². The molecule has 3 rings (SSSR count). The summed E-state index contributed by atoms with van der Waals surface area (Å²) in [5.74, 6) is -0.684. The summed E-state index contributed by atoms with van der Waals surface area (Å²) in [6, 6.07) is 11.6. The van der Waals surface area contributed by atoms with Crippen molar-refractivity contribution < 1.29 is 18.0 Å². The average molecular weight is 478 g/mol. The van der Waals surface area contributed by atoms with Gasteiger partial charge in [0.15, 0.2) is 0 Å². The van der Waals surface area contributed by atoms with Crippen molar-refractivity contribution in [2.45, 2.75) is 43.9 Å². The Morgan fingerprint density at radius 3 is 2.41 bits per heavy atom. The number of nitrogens with one attached hydrogen (secondary N) is 2. The van der Waals surface area contributed by atoms with Crippen molar-refractivity contribution in [1.82, 2.24) is 9.62 Å². The minimum Gasteiger partial charge on any atom is -0.351 e. The maximum atomic E-state index is 13.2. The number of anilines is 1. The normalized spacial score (nSPS) is 15.1. The second kappa shape index (κ2) is 10.9. The zero-order valence-electron chi connectivity index (χ0n) is 18.1. The minimum atomic E-state index is -3.62. The van der Waals surface area contributed by atoms with Gasteiger partial charge in [0.05, 0.1) is 15.5 Å². The highest BCUT2D eigenvalue weighted by atomic mass is 35.5. The Morgan fingerprint density at radius 2 is 1.72 bits per heavy atom.